The molecule has 1 N–H and O–H groups in total. The van der Waals surface area contributed by atoms with Crippen molar-refractivity contribution in [1.82, 2.24) is 0 Å². The largest absolute Gasteiger partial charge is 0.390 e. The van der Waals surface area contributed by atoms with Crippen molar-refractivity contribution in [2.45, 2.75) is 37.7 Å². The minimum Gasteiger partial charge on any atom is -0.390 e. The van der Waals surface area contributed by atoms with Crippen molar-refractivity contribution >= 4 is 0 Å². The summed E-state index contributed by atoms with van der Waals surface area (Å²) in [5.41, 5.74) is -0.366. The van der Waals surface area contributed by atoms with Gasteiger partial charge in [-0.2, -0.15) is 0 Å². The minimum atomic E-state index is -0.366. The fourth-order valence-corrected chi connectivity index (χ4v) is 0.943. The first-order valence-corrected chi connectivity index (χ1v) is 3.55. The van der Waals surface area contributed by atoms with Crippen molar-refractivity contribution < 1.29 is 9.50 Å². The lowest BCUT2D eigenvalue weighted by molar-refractivity contribution is 0.136. The van der Waals surface area contributed by atoms with E-state index in [-0.39, 0.29) is 12.3 Å². The molecule has 0 spiro atoms. The SMILES string of the molecule is OC1(CCCCF)CC1. The summed E-state index contributed by atoms with van der Waals surface area (Å²) in [6, 6.07) is 0. The molecule has 0 aromatic carbocycles. The van der Waals surface area contributed by atoms with Gasteiger partial charge in [-0.3, -0.25) is 4.39 Å². The molecule has 1 aliphatic carbocycles. The highest BCUT2D eigenvalue weighted by atomic mass is 19.1. The Morgan fingerprint density at radius 2 is 2.00 bits per heavy atom. The number of hydrogen-bond donors (Lipinski definition) is 1. The van der Waals surface area contributed by atoms with Crippen LogP contribution in [0.5, 0.6) is 0 Å². The third-order valence-corrected chi connectivity index (χ3v) is 1.85. The molecule has 1 fully saturated rings. The van der Waals surface area contributed by atoms with Crippen LogP contribution in [0.1, 0.15) is 32.1 Å². The van der Waals surface area contributed by atoms with Crippen LogP contribution in [0.15, 0.2) is 0 Å². The van der Waals surface area contributed by atoms with Gasteiger partial charge >= 0.3 is 0 Å². The molecule has 0 aliphatic heterocycles. The van der Waals surface area contributed by atoms with E-state index >= 15 is 0 Å². The topological polar surface area (TPSA) is 20.2 Å². The van der Waals surface area contributed by atoms with Gasteiger partial charge in [-0.1, -0.05) is 0 Å². The second-order valence-corrected chi connectivity index (χ2v) is 2.87. The quantitative estimate of drug-likeness (QED) is 0.577. The maximum Gasteiger partial charge on any atom is 0.0894 e. The zero-order chi connectivity index (χ0) is 6.74. The Kier molecular flexibility index (Phi) is 2.06. The Morgan fingerprint density at radius 3 is 2.44 bits per heavy atom. The first kappa shape index (κ1) is 7.00. The summed E-state index contributed by atoms with van der Waals surface area (Å²) in [5, 5.41) is 9.23. The van der Waals surface area contributed by atoms with Crippen molar-refractivity contribution in [2.24, 2.45) is 0 Å². The number of halogens is 1. The summed E-state index contributed by atoms with van der Waals surface area (Å²) in [7, 11) is 0. The predicted molar refractivity (Wildman–Crippen MR) is 34.0 cm³/mol. The molecule has 0 atom stereocenters. The monoisotopic (exact) mass is 132 g/mol. The first-order chi connectivity index (χ1) is 4.27. The fourth-order valence-electron chi connectivity index (χ4n) is 0.943. The summed E-state index contributed by atoms with van der Waals surface area (Å²) >= 11 is 0. The second-order valence-electron chi connectivity index (χ2n) is 2.87. The maximum absolute atomic E-state index is 11.5. The molecule has 0 saturated heterocycles. The number of hydrogen-bond acceptors (Lipinski definition) is 1. The molecular formula is C7H13FO. The third kappa shape index (κ3) is 2.31. The van der Waals surface area contributed by atoms with Crippen LogP contribution in [0, 0.1) is 0 Å². The van der Waals surface area contributed by atoms with E-state index in [2.05, 4.69) is 0 Å². The lowest BCUT2D eigenvalue weighted by Crippen LogP contribution is -2.05. The van der Waals surface area contributed by atoms with E-state index in [9.17, 15) is 9.50 Å². The van der Waals surface area contributed by atoms with Crippen molar-refractivity contribution in [3.8, 4) is 0 Å². The van der Waals surface area contributed by atoms with Crippen LogP contribution in [-0.2, 0) is 0 Å². The normalized spacial score (nSPS) is 22.0. The van der Waals surface area contributed by atoms with Gasteiger partial charge in [0.25, 0.3) is 0 Å². The Morgan fingerprint density at radius 1 is 1.33 bits per heavy atom. The highest BCUT2D eigenvalue weighted by Gasteiger charge is 2.38. The van der Waals surface area contributed by atoms with Crippen molar-refractivity contribution in [3.63, 3.8) is 0 Å². The van der Waals surface area contributed by atoms with Crippen LogP contribution in [0.4, 0.5) is 4.39 Å². The van der Waals surface area contributed by atoms with Crippen molar-refractivity contribution in [3.05, 3.63) is 0 Å². The summed E-state index contributed by atoms with van der Waals surface area (Å²) < 4.78 is 11.5. The lowest BCUT2D eigenvalue weighted by atomic mass is 10.1. The van der Waals surface area contributed by atoms with E-state index < -0.39 is 0 Å². The van der Waals surface area contributed by atoms with Crippen LogP contribution < -0.4 is 0 Å². The molecule has 0 bridgehead atoms. The molecule has 0 amide bonds. The van der Waals surface area contributed by atoms with Gasteiger partial charge in [0.05, 0.1) is 12.3 Å². The Bertz CT molecular complexity index is 88.9. The Balaban J connectivity index is 1.92. The third-order valence-electron chi connectivity index (χ3n) is 1.85. The van der Waals surface area contributed by atoms with Gasteiger partial charge in [-0.15, -0.1) is 0 Å². The Hall–Kier alpha value is -0.110. The van der Waals surface area contributed by atoms with Crippen LogP contribution in [-0.4, -0.2) is 17.4 Å². The zero-order valence-corrected chi connectivity index (χ0v) is 5.57. The summed E-state index contributed by atoms with van der Waals surface area (Å²) in [6.45, 7) is -0.240. The molecule has 0 aromatic rings. The van der Waals surface area contributed by atoms with Gasteiger partial charge < -0.3 is 5.11 Å². The molecule has 9 heavy (non-hydrogen) atoms. The zero-order valence-electron chi connectivity index (χ0n) is 5.57. The highest BCUT2D eigenvalue weighted by molar-refractivity contribution is 4.92. The molecule has 54 valence electrons. The fraction of sp³-hybridized carbons (Fsp3) is 1.00. The van der Waals surface area contributed by atoms with Gasteiger partial charge in [0, 0.05) is 0 Å². The van der Waals surface area contributed by atoms with E-state index in [1.807, 2.05) is 0 Å². The standard InChI is InChI=1S/C7H13FO/c8-6-2-1-3-7(9)4-5-7/h9H,1-6H2. The van der Waals surface area contributed by atoms with Crippen LogP contribution in [0.3, 0.4) is 0 Å². The van der Waals surface area contributed by atoms with Gasteiger partial charge in [-0.25, -0.2) is 0 Å². The number of rotatable bonds is 4. The van der Waals surface area contributed by atoms with E-state index in [1.165, 1.54) is 0 Å². The molecule has 0 heterocycles. The molecule has 1 nitrogen and oxygen atoms in total. The number of unbranched alkanes of at least 4 members (excludes halogenated alkanes) is 1. The molecule has 0 unspecified atom stereocenters. The average Bonchev–Trinajstić information content (AvgIpc) is 2.50. The highest BCUT2D eigenvalue weighted by Crippen LogP contribution is 2.39. The molecular weight excluding hydrogens is 119 g/mol. The second kappa shape index (κ2) is 2.65. The smallest absolute Gasteiger partial charge is 0.0894 e. The Labute approximate surface area is 54.9 Å². The predicted octanol–water partition coefficient (Wildman–Crippen LogP) is 1.65. The van der Waals surface area contributed by atoms with Crippen LogP contribution >= 0.6 is 0 Å². The number of aliphatic hydroxyl groups is 1. The lowest BCUT2D eigenvalue weighted by Gasteiger charge is -2.03. The van der Waals surface area contributed by atoms with Gasteiger partial charge in [0.15, 0.2) is 0 Å². The van der Waals surface area contributed by atoms with Crippen LogP contribution in [0.25, 0.3) is 0 Å². The molecule has 1 aliphatic rings. The maximum atomic E-state index is 11.5. The van der Waals surface area contributed by atoms with Crippen molar-refractivity contribution in [1.29, 1.82) is 0 Å². The molecule has 0 radical (unpaired) electrons. The molecule has 1 saturated carbocycles. The summed E-state index contributed by atoms with van der Waals surface area (Å²) in [4.78, 5) is 0. The van der Waals surface area contributed by atoms with E-state index in [1.54, 1.807) is 0 Å². The summed E-state index contributed by atoms with van der Waals surface area (Å²) in [6.07, 6.45) is 4.12. The van der Waals surface area contributed by atoms with Crippen molar-refractivity contribution in [2.75, 3.05) is 6.67 Å². The molecule has 1 rings (SSSR count). The minimum absolute atomic E-state index is 0.240. The molecule has 0 aromatic heterocycles. The average molecular weight is 132 g/mol. The first-order valence-electron chi connectivity index (χ1n) is 3.55. The van der Waals surface area contributed by atoms with Gasteiger partial charge in [-0.05, 0) is 32.1 Å². The van der Waals surface area contributed by atoms with Gasteiger partial charge in [0.1, 0.15) is 0 Å². The van der Waals surface area contributed by atoms with E-state index in [4.69, 9.17) is 0 Å². The number of alkyl halides is 1. The summed E-state index contributed by atoms with van der Waals surface area (Å²) in [5.74, 6) is 0. The van der Waals surface area contributed by atoms with Crippen LogP contribution in [0.2, 0.25) is 0 Å². The van der Waals surface area contributed by atoms with E-state index in [0.29, 0.717) is 6.42 Å². The van der Waals surface area contributed by atoms with E-state index in [0.717, 1.165) is 25.7 Å². The molecule has 2 heteroatoms. The van der Waals surface area contributed by atoms with Gasteiger partial charge in [0.2, 0.25) is 0 Å².